The molecule has 2 rings (SSSR count). The molecule has 1 N–H and O–H groups in total. The van der Waals surface area contributed by atoms with Gasteiger partial charge in [-0.15, -0.1) is 0 Å². The largest absolute Gasteiger partial charge is 0.392 e. The molecule has 0 bridgehead atoms. The van der Waals surface area contributed by atoms with Crippen LogP contribution in [0.15, 0.2) is 23.1 Å². The number of hydrogen-bond acceptors (Lipinski definition) is 4. The fourth-order valence-corrected chi connectivity index (χ4v) is 3.71. The molecule has 1 aromatic carbocycles. The quantitative estimate of drug-likeness (QED) is 0.905. The molecule has 1 aliphatic heterocycles. The van der Waals surface area contributed by atoms with Gasteiger partial charge in [-0.25, -0.2) is 12.8 Å². The van der Waals surface area contributed by atoms with Gasteiger partial charge >= 0.3 is 0 Å². The molecule has 0 atom stereocenters. The average molecular weight is 303 g/mol. The molecular formula is C13H18FNO4S. The van der Waals surface area contributed by atoms with Crippen LogP contribution in [0.2, 0.25) is 0 Å². The molecule has 0 amide bonds. The third-order valence-corrected chi connectivity index (χ3v) is 5.48. The first-order valence-corrected chi connectivity index (χ1v) is 7.86. The van der Waals surface area contributed by atoms with Crippen molar-refractivity contribution in [1.29, 1.82) is 0 Å². The summed E-state index contributed by atoms with van der Waals surface area (Å²) in [7, 11) is -2.41. The third kappa shape index (κ3) is 3.01. The van der Waals surface area contributed by atoms with Gasteiger partial charge in [-0.1, -0.05) is 6.07 Å². The summed E-state index contributed by atoms with van der Waals surface area (Å²) in [6.45, 7) is 0.694. The molecule has 1 aliphatic rings. The maximum atomic E-state index is 13.9. The summed E-state index contributed by atoms with van der Waals surface area (Å²) in [6, 6.07) is 3.48. The first-order chi connectivity index (χ1) is 9.46. The molecule has 0 aliphatic carbocycles. The van der Waals surface area contributed by atoms with E-state index in [4.69, 9.17) is 9.84 Å². The topological polar surface area (TPSA) is 66.8 Å². The van der Waals surface area contributed by atoms with Crippen molar-refractivity contribution in [1.82, 2.24) is 4.31 Å². The Kier molecular flexibility index (Phi) is 4.74. The second-order valence-corrected chi connectivity index (χ2v) is 6.75. The van der Waals surface area contributed by atoms with Gasteiger partial charge in [0, 0.05) is 26.3 Å². The number of aliphatic hydroxyl groups is 1. The lowest BCUT2D eigenvalue weighted by Crippen LogP contribution is -2.40. The molecule has 20 heavy (non-hydrogen) atoms. The number of halogens is 1. The van der Waals surface area contributed by atoms with Crippen LogP contribution < -0.4 is 0 Å². The molecular weight excluding hydrogens is 285 g/mol. The van der Waals surface area contributed by atoms with Crippen LogP contribution in [0.25, 0.3) is 0 Å². The molecule has 1 heterocycles. The van der Waals surface area contributed by atoms with E-state index in [2.05, 4.69) is 0 Å². The van der Waals surface area contributed by atoms with Gasteiger partial charge in [0.1, 0.15) is 10.7 Å². The molecule has 0 unspecified atom stereocenters. The van der Waals surface area contributed by atoms with Crippen LogP contribution in [0.4, 0.5) is 4.39 Å². The summed E-state index contributed by atoms with van der Waals surface area (Å²) in [6.07, 6.45) is 1.21. The maximum Gasteiger partial charge on any atom is 0.245 e. The highest BCUT2D eigenvalue weighted by atomic mass is 32.2. The van der Waals surface area contributed by atoms with Crippen LogP contribution in [0, 0.1) is 5.82 Å². The second kappa shape index (κ2) is 6.17. The number of aliphatic hydroxyl groups excluding tert-OH is 1. The van der Waals surface area contributed by atoms with Crippen molar-refractivity contribution in [2.45, 2.75) is 30.4 Å². The second-order valence-electron chi connectivity index (χ2n) is 4.79. The van der Waals surface area contributed by atoms with Crippen LogP contribution in [0.5, 0.6) is 0 Å². The first-order valence-electron chi connectivity index (χ1n) is 6.42. The SMILES string of the molecule is CN(C1CCOCC1)S(=O)(=O)c1ccc(CO)cc1F. The normalized spacial score (nSPS) is 17.6. The third-order valence-electron chi connectivity index (χ3n) is 3.54. The van der Waals surface area contributed by atoms with E-state index >= 15 is 0 Å². The first kappa shape index (κ1) is 15.4. The predicted molar refractivity (Wildman–Crippen MR) is 71.1 cm³/mol. The van der Waals surface area contributed by atoms with Crippen LogP contribution in [-0.4, -0.2) is 44.1 Å². The fraction of sp³-hybridized carbons (Fsp3) is 0.538. The van der Waals surface area contributed by atoms with E-state index in [9.17, 15) is 12.8 Å². The van der Waals surface area contributed by atoms with E-state index in [1.165, 1.54) is 23.5 Å². The molecule has 112 valence electrons. The van der Waals surface area contributed by atoms with Gasteiger partial charge in [0.05, 0.1) is 6.61 Å². The zero-order chi connectivity index (χ0) is 14.8. The Balaban J connectivity index is 2.29. The molecule has 5 nitrogen and oxygen atoms in total. The molecule has 1 fully saturated rings. The number of ether oxygens (including phenoxy) is 1. The minimum atomic E-state index is -3.87. The number of hydrogen-bond donors (Lipinski definition) is 1. The van der Waals surface area contributed by atoms with Gasteiger partial charge in [-0.3, -0.25) is 0 Å². The molecule has 7 heteroatoms. The van der Waals surface area contributed by atoms with Crippen molar-refractivity contribution in [2.24, 2.45) is 0 Å². The van der Waals surface area contributed by atoms with E-state index in [-0.39, 0.29) is 17.5 Å². The van der Waals surface area contributed by atoms with Gasteiger partial charge in [-0.05, 0) is 30.5 Å². The minimum Gasteiger partial charge on any atom is -0.392 e. The van der Waals surface area contributed by atoms with E-state index in [1.54, 1.807) is 0 Å². The van der Waals surface area contributed by atoms with E-state index in [0.29, 0.717) is 31.6 Å². The van der Waals surface area contributed by atoms with Gasteiger partial charge in [0.2, 0.25) is 10.0 Å². The lowest BCUT2D eigenvalue weighted by atomic mass is 10.1. The highest BCUT2D eigenvalue weighted by Gasteiger charge is 2.31. The van der Waals surface area contributed by atoms with Crippen LogP contribution in [-0.2, 0) is 21.4 Å². The standard InChI is InChI=1S/C13H18FNO4S/c1-15(11-4-6-19-7-5-11)20(17,18)13-3-2-10(9-16)8-12(13)14/h2-3,8,11,16H,4-7,9H2,1H3. The Morgan fingerprint density at radius 1 is 1.40 bits per heavy atom. The van der Waals surface area contributed by atoms with Gasteiger partial charge in [-0.2, -0.15) is 4.31 Å². The highest BCUT2D eigenvalue weighted by molar-refractivity contribution is 7.89. The summed E-state index contributed by atoms with van der Waals surface area (Å²) in [5.74, 6) is -0.838. The highest BCUT2D eigenvalue weighted by Crippen LogP contribution is 2.24. The molecule has 0 aromatic heterocycles. The lowest BCUT2D eigenvalue weighted by molar-refractivity contribution is 0.0631. The summed E-state index contributed by atoms with van der Waals surface area (Å²) in [4.78, 5) is -0.358. The van der Waals surface area contributed by atoms with Crippen molar-refractivity contribution >= 4 is 10.0 Å². The Morgan fingerprint density at radius 3 is 2.60 bits per heavy atom. The van der Waals surface area contributed by atoms with Crippen molar-refractivity contribution in [2.75, 3.05) is 20.3 Å². The van der Waals surface area contributed by atoms with Crippen molar-refractivity contribution in [3.63, 3.8) is 0 Å². The fourth-order valence-electron chi connectivity index (χ4n) is 2.25. The number of rotatable bonds is 4. The van der Waals surface area contributed by atoms with Crippen molar-refractivity contribution in [3.8, 4) is 0 Å². The molecule has 0 spiro atoms. The zero-order valence-electron chi connectivity index (χ0n) is 11.3. The van der Waals surface area contributed by atoms with Crippen LogP contribution in [0.3, 0.4) is 0 Å². The molecule has 0 radical (unpaired) electrons. The summed E-state index contributed by atoms with van der Waals surface area (Å²) in [5, 5.41) is 8.93. The number of nitrogens with zero attached hydrogens (tertiary/aromatic N) is 1. The molecule has 1 aromatic rings. The average Bonchev–Trinajstić information content (AvgIpc) is 2.46. The van der Waals surface area contributed by atoms with Crippen molar-refractivity contribution in [3.05, 3.63) is 29.6 Å². The Hall–Kier alpha value is -1.02. The van der Waals surface area contributed by atoms with E-state index < -0.39 is 15.8 Å². The number of sulfonamides is 1. The maximum absolute atomic E-state index is 13.9. The predicted octanol–water partition coefficient (Wildman–Crippen LogP) is 1.12. The summed E-state index contributed by atoms with van der Waals surface area (Å²) in [5.41, 5.74) is 0.343. The van der Waals surface area contributed by atoms with Gasteiger partial charge in [0.25, 0.3) is 0 Å². The van der Waals surface area contributed by atoms with E-state index in [1.807, 2.05) is 0 Å². The smallest absolute Gasteiger partial charge is 0.245 e. The summed E-state index contributed by atoms with van der Waals surface area (Å²) >= 11 is 0. The number of benzene rings is 1. The molecule has 1 saturated heterocycles. The van der Waals surface area contributed by atoms with Gasteiger partial charge in [0.15, 0.2) is 0 Å². The van der Waals surface area contributed by atoms with Crippen LogP contribution >= 0.6 is 0 Å². The minimum absolute atomic E-state index is 0.175. The Bertz CT molecular complexity index is 570. The summed E-state index contributed by atoms with van der Waals surface area (Å²) < 4.78 is 45.2. The monoisotopic (exact) mass is 303 g/mol. The molecule has 0 saturated carbocycles. The Morgan fingerprint density at radius 2 is 2.05 bits per heavy atom. The lowest BCUT2D eigenvalue weighted by Gasteiger charge is -2.30. The Labute approximate surface area is 118 Å². The van der Waals surface area contributed by atoms with E-state index in [0.717, 1.165) is 6.07 Å². The van der Waals surface area contributed by atoms with Crippen molar-refractivity contribution < 1.29 is 22.7 Å². The van der Waals surface area contributed by atoms with Crippen LogP contribution in [0.1, 0.15) is 18.4 Å². The van der Waals surface area contributed by atoms with Gasteiger partial charge < -0.3 is 9.84 Å². The zero-order valence-corrected chi connectivity index (χ0v) is 12.1.